The van der Waals surface area contributed by atoms with E-state index in [1.54, 1.807) is 18.4 Å². The van der Waals surface area contributed by atoms with Gasteiger partial charge in [0.25, 0.3) is 5.69 Å². The van der Waals surface area contributed by atoms with Gasteiger partial charge >= 0.3 is 0 Å². The van der Waals surface area contributed by atoms with Crippen molar-refractivity contribution in [2.75, 3.05) is 31.7 Å². The summed E-state index contributed by atoms with van der Waals surface area (Å²) in [6.07, 6.45) is 1.01. The van der Waals surface area contributed by atoms with Crippen LogP contribution in [-0.4, -0.2) is 45.7 Å². The second kappa shape index (κ2) is 11.3. The zero-order chi connectivity index (χ0) is 20.7. The fraction of sp³-hybridized carbons (Fsp3) is 0.353. The number of nitrogens with zero attached hydrogens (tertiary/aromatic N) is 2. The largest absolute Gasteiger partial charge is 0.378 e. The summed E-state index contributed by atoms with van der Waals surface area (Å²) < 4.78 is 23.2. The Morgan fingerprint density at radius 3 is 2.48 bits per heavy atom. The number of nitro benzene ring substituents is 1. The molecule has 9 nitrogen and oxygen atoms in total. The van der Waals surface area contributed by atoms with Crippen LogP contribution in [0.25, 0.3) is 0 Å². The number of aryl methyl sites for hydroxylation is 1. The Bertz CT molecular complexity index is 976. The highest BCUT2D eigenvalue weighted by Gasteiger charge is 2.18. The van der Waals surface area contributed by atoms with E-state index in [2.05, 4.69) is 40.0 Å². The lowest BCUT2D eigenvalue weighted by Crippen LogP contribution is -2.39. The number of sulfone groups is 1. The molecule has 0 aliphatic heterocycles. The first-order valence-electron chi connectivity index (χ1n) is 8.43. The van der Waals surface area contributed by atoms with Gasteiger partial charge in [0, 0.05) is 42.2 Å². The van der Waals surface area contributed by atoms with E-state index in [4.69, 9.17) is 0 Å². The summed E-state index contributed by atoms with van der Waals surface area (Å²) in [5, 5.41) is 20.5. The number of hydrogen-bond acceptors (Lipinski definition) is 7. The molecular weight excluding hydrogens is 529 g/mol. The van der Waals surface area contributed by atoms with Crippen molar-refractivity contribution in [2.45, 2.75) is 18.4 Å². The molecule has 2 rings (SSSR count). The molecule has 0 fully saturated rings. The van der Waals surface area contributed by atoms with Crippen LogP contribution in [0.5, 0.6) is 0 Å². The Kier molecular flexibility index (Phi) is 9.79. The van der Waals surface area contributed by atoms with Crippen LogP contribution >= 0.6 is 35.3 Å². The van der Waals surface area contributed by atoms with Crippen LogP contribution in [-0.2, 0) is 16.4 Å². The topological polar surface area (TPSA) is 126 Å². The zero-order valence-corrected chi connectivity index (χ0v) is 20.2. The van der Waals surface area contributed by atoms with Gasteiger partial charge in [-0.2, -0.15) is 0 Å². The minimum atomic E-state index is -3.51. The summed E-state index contributed by atoms with van der Waals surface area (Å²) in [5.74, 6) is 0.620. The van der Waals surface area contributed by atoms with Gasteiger partial charge in [-0.05, 0) is 31.2 Å². The van der Waals surface area contributed by atoms with Gasteiger partial charge in [0.1, 0.15) is 5.69 Å². The third-order valence-corrected chi connectivity index (χ3v) is 5.89. The van der Waals surface area contributed by atoms with E-state index < -0.39 is 14.8 Å². The minimum Gasteiger partial charge on any atom is -0.378 e. The van der Waals surface area contributed by atoms with Gasteiger partial charge < -0.3 is 16.0 Å². The molecule has 3 N–H and O–H groups in total. The summed E-state index contributed by atoms with van der Waals surface area (Å²) in [5.41, 5.74) is -0.0188. The first-order valence-corrected chi connectivity index (χ1v) is 11.1. The predicted octanol–water partition coefficient (Wildman–Crippen LogP) is 2.76. The molecule has 0 bridgehead atoms. The van der Waals surface area contributed by atoms with Crippen molar-refractivity contribution in [1.82, 2.24) is 10.6 Å². The number of nitro groups is 1. The quantitative estimate of drug-likeness (QED) is 0.115. The maximum absolute atomic E-state index is 11.6. The molecule has 160 valence electrons. The molecule has 1 heterocycles. The molecule has 0 aliphatic rings. The summed E-state index contributed by atoms with van der Waals surface area (Å²) in [6, 6.07) is 7.93. The van der Waals surface area contributed by atoms with Crippen molar-refractivity contribution in [1.29, 1.82) is 0 Å². The number of rotatable bonds is 8. The summed E-state index contributed by atoms with van der Waals surface area (Å²) in [4.78, 5) is 17.1. The minimum absolute atomic E-state index is 0. The second-order valence-corrected chi connectivity index (χ2v) is 9.39. The average Bonchev–Trinajstić information content (AvgIpc) is 3.05. The van der Waals surface area contributed by atoms with Gasteiger partial charge in [-0.1, -0.05) is 0 Å². The van der Waals surface area contributed by atoms with Crippen molar-refractivity contribution in [3.8, 4) is 0 Å². The highest BCUT2D eigenvalue weighted by molar-refractivity contribution is 14.0. The van der Waals surface area contributed by atoms with E-state index in [0.717, 1.165) is 12.3 Å². The smallest absolute Gasteiger partial charge is 0.293 e. The lowest BCUT2D eigenvalue weighted by molar-refractivity contribution is -0.384. The predicted molar refractivity (Wildman–Crippen MR) is 127 cm³/mol. The van der Waals surface area contributed by atoms with Crippen LogP contribution in [0, 0.1) is 17.0 Å². The number of aliphatic imine (C=N–C) groups is 1. The maximum atomic E-state index is 11.6. The van der Waals surface area contributed by atoms with Crippen LogP contribution < -0.4 is 16.0 Å². The van der Waals surface area contributed by atoms with Gasteiger partial charge in [-0.25, -0.2) is 8.42 Å². The molecule has 2 aromatic rings. The Hall–Kier alpha value is -1.93. The number of hydrogen-bond donors (Lipinski definition) is 3. The van der Waals surface area contributed by atoms with Gasteiger partial charge in [0.15, 0.2) is 15.8 Å². The molecule has 29 heavy (non-hydrogen) atoms. The van der Waals surface area contributed by atoms with Gasteiger partial charge in [0.05, 0.1) is 16.4 Å². The molecule has 0 saturated heterocycles. The number of benzene rings is 1. The van der Waals surface area contributed by atoms with Crippen molar-refractivity contribution in [3.63, 3.8) is 0 Å². The van der Waals surface area contributed by atoms with Gasteiger partial charge in [-0.3, -0.25) is 15.1 Å². The van der Waals surface area contributed by atoms with Crippen molar-refractivity contribution in [2.24, 2.45) is 4.99 Å². The molecule has 1 aromatic carbocycles. The molecule has 0 unspecified atom stereocenters. The summed E-state index contributed by atoms with van der Waals surface area (Å²) >= 11 is 1.71. The molecule has 1 aromatic heterocycles. The maximum Gasteiger partial charge on any atom is 0.293 e. The third-order valence-electron chi connectivity index (χ3n) is 3.78. The molecule has 0 saturated carbocycles. The number of anilines is 1. The fourth-order valence-electron chi connectivity index (χ4n) is 2.39. The Labute approximate surface area is 191 Å². The lowest BCUT2D eigenvalue weighted by atomic mass is 10.2. The Morgan fingerprint density at radius 2 is 1.93 bits per heavy atom. The molecule has 0 radical (unpaired) electrons. The van der Waals surface area contributed by atoms with Crippen LogP contribution in [0.15, 0.2) is 40.2 Å². The molecule has 0 amide bonds. The van der Waals surface area contributed by atoms with Crippen molar-refractivity contribution < 1.29 is 13.3 Å². The summed E-state index contributed by atoms with van der Waals surface area (Å²) in [6.45, 7) is 3.56. The SMILES string of the molecule is CN=C(NCCNc1ccc(S(C)(=O)=O)cc1[N+](=O)[O-])NCc1ccc(C)s1.I. The summed E-state index contributed by atoms with van der Waals surface area (Å²) in [7, 11) is -1.85. The van der Waals surface area contributed by atoms with E-state index in [-0.39, 0.29) is 40.2 Å². The number of guanidine groups is 1. The second-order valence-electron chi connectivity index (χ2n) is 6.00. The molecule has 0 spiro atoms. The van der Waals surface area contributed by atoms with Crippen molar-refractivity contribution in [3.05, 3.63) is 50.2 Å². The fourth-order valence-corrected chi connectivity index (χ4v) is 3.86. The average molecular weight is 553 g/mol. The van der Waals surface area contributed by atoms with Gasteiger partial charge in [-0.15, -0.1) is 35.3 Å². The standard InChI is InChI=1S/C17H23N5O4S2.HI/c1-12-4-5-13(27-12)11-21-17(18-2)20-9-8-19-15-7-6-14(28(3,25)26)10-16(15)22(23)24;/h4-7,10,19H,8-9,11H2,1-3H3,(H2,18,20,21);1H. The highest BCUT2D eigenvalue weighted by atomic mass is 127. The highest BCUT2D eigenvalue weighted by Crippen LogP contribution is 2.27. The Morgan fingerprint density at radius 1 is 1.21 bits per heavy atom. The van der Waals surface area contributed by atoms with E-state index in [0.29, 0.717) is 25.6 Å². The van der Waals surface area contributed by atoms with Crippen LogP contribution in [0.3, 0.4) is 0 Å². The molecule has 0 atom stereocenters. The monoisotopic (exact) mass is 553 g/mol. The number of thiophene rings is 1. The van der Waals surface area contributed by atoms with Crippen LogP contribution in [0.4, 0.5) is 11.4 Å². The Balaban J connectivity index is 0.00000420. The van der Waals surface area contributed by atoms with E-state index in [9.17, 15) is 18.5 Å². The first kappa shape index (κ1) is 25.1. The van der Waals surface area contributed by atoms with E-state index in [1.165, 1.54) is 21.9 Å². The van der Waals surface area contributed by atoms with E-state index >= 15 is 0 Å². The lowest BCUT2D eigenvalue weighted by Gasteiger charge is -2.12. The normalized spacial score (nSPS) is 11.5. The number of halogens is 1. The molecular formula is C17H24IN5O4S2. The molecule has 0 aliphatic carbocycles. The zero-order valence-electron chi connectivity index (χ0n) is 16.3. The number of nitrogens with one attached hydrogen (secondary N) is 3. The third kappa shape index (κ3) is 7.78. The van der Waals surface area contributed by atoms with Crippen molar-refractivity contribution >= 4 is 62.5 Å². The van der Waals surface area contributed by atoms with Crippen LogP contribution in [0.1, 0.15) is 9.75 Å². The molecule has 12 heteroatoms. The van der Waals surface area contributed by atoms with E-state index in [1.807, 2.05) is 0 Å². The van der Waals surface area contributed by atoms with Gasteiger partial charge in [0.2, 0.25) is 0 Å². The van der Waals surface area contributed by atoms with Crippen LogP contribution in [0.2, 0.25) is 0 Å². The first-order chi connectivity index (χ1) is 13.2.